The highest BCUT2D eigenvalue weighted by atomic mass is 16.5. The van der Waals surface area contributed by atoms with E-state index in [-0.39, 0.29) is 5.56 Å². The summed E-state index contributed by atoms with van der Waals surface area (Å²) in [4.78, 5) is 17.2. The predicted octanol–water partition coefficient (Wildman–Crippen LogP) is 2.57. The highest BCUT2D eigenvalue weighted by Gasteiger charge is 2.10. The summed E-state index contributed by atoms with van der Waals surface area (Å²) >= 11 is 0. The smallest absolute Gasteiger partial charge is 0.266 e. The van der Waals surface area contributed by atoms with Gasteiger partial charge in [-0.3, -0.25) is 9.36 Å². The van der Waals surface area contributed by atoms with Gasteiger partial charge in [0, 0.05) is 0 Å². The SMILES string of the molecule is COc1ccc2nc(C)n(-c3ccc(C#N)cc3)c(=O)c2c1. The summed E-state index contributed by atoms with van der Waals surface area (Å²) in [6, 6.07) is 14.1. The maximum Gasteiger partial charge on any atom is 0.266 e. The summed E-state index contributed by atoms with van der Waals surface area (Å²) in [7, 11) is 1.56. The molecule has 0 aliphatic rings. The Morgan fingerprint density at radius 1 is 1.18 bits per heavy atom. The highest BCUT2D eigenvalue weighted by Crippen LogP contribution is 2.18. The molecule has 22 heavy (non-hydrogen) atoms. The van der Waals surface area contributed by atoms with Crippen LogP contribution in [0.4, 0.5) is 0 Å². The molecule has 0 N–H and O–H groups in total. The first-order valence-corrected chi connectivity index (χ1v) is 6.72. The number of hydrogen-bond acceptors (Lipinski definition) is 4. The first kappa shape index (κ1) is 13.8. The lowest BCUT2D eigenvalue weighted by molar-refractivity contribution is 0.415. The van der Waals surface area contributed by atoms with Gasteiger partial charge >= 0.3 is 0 Å². The first-order chi connectivity index (χ1) is 10.6. The lowest BCUT2D eigenvalue weighted by Crippen LogP contribution is -2.22. The summed E-state index contributed by atoms with van der Waals surface area (Å²) < 4.78 is 6.70. The molecule has 108 valence electrons. The molecule has 0 fully saturated rings. The number of nitrogens with zero attached hydrogens (tertiary/aromatic N) is 3. The Morgan fingerprint density at radius 3 is 2.55 bits per heavy atom. The topological polar surface area (TPSA) is 67.9 Å². The van der Waals surface area contributed by atoms with Gasteiger partial charge in [-0.2, -0.15) is 5.26 Å². The zero-order valence-electron chi connectivity index (χ0n) is 12.2. The van der Waals surface area contributed by atoms with Crippen LogP contribution in [0.1, 0.15) is 11.4 Å². The van der Waals surface area contributed by atoms with Crippen LogP contribution in [0.15, 0.2) is 47.3 Å². The Balaban J connectivity index is 2.28. The fourth-order valence-corrected chi connectivity index (χ4v) is 2.39. The summed E-state index contributed by atoms with van der Waals surface area (Å²) in [6.45, 7) is 1.78. The van der Waals surface area contributed by atoms with E-state index in [0.717, 1.165) is 0 Å². The Morgan fingerprint density at radius 2 is 1.91 bits per heavy atom. The van der Waals surface area contributed by atoms with Crippen molar-refractivity contribution in [2.75, 3.05) is 7.11 Å². The van der Waals surface area contributed by atoms with Gasteiger partial charge in [0.1, 0.15) is 11.6 Å². The van der Waals surface area contributed by atoms with Gasteiger partial charge in [0.2, 0.25) is 0 Å². The van der Waals surface area contributed by atoms with E-state index in [9.17, 15) is 4.79 Å². The van der Waals surface area contributed by atoms with Gasteiger partial charge in [0.25, 0.3) is 5.56 Å². The molecule has 5 nitrogen and oxygen atoms in total. The van der Waals surface area contributed by atoms with Crippen LogP contribution < -0.4 is 10.3 Å². The van der Waals surface area contributed by atoms with Crippen molar-refractivity contribution in [2.45, 2.75) is 6.92 Å². The zero-order valence-corrected chi connectivity index (χ0v) is 12.2. The molecule has 0 saturated heterocycles. The molecular weight excluding hydrogens is 278 g/mol. The maximum atomic E-state index is 12.8. The minimum atomic E-state index is -0.161. The predicted molar refractivity (Wildman–Crippen MR) is 83.3 cm³/mol. The third-order valence-corrected chi connectivity index (χ3v) is 3.50. The Kier molecular flexibility index (Phi) is 3.36. The molecule has 0 spiro atoms. The van der Waals surface area contributed by atoms with Crippen molar-refractivity contribution in [1.29, 1.82) is 5.26 Å². The lowest BCUT2D eigenvalue weighted by atomic mass is 10.2. The van der Waals surface area contributed by atoms with Gasteiger partial charge in [0.05, 0.1) is 35.3 Å². The first-order valence-electron chi connectivity index (χ1n) is 6.72. The Labute approximate surface area is 127 Å². The quantitative estimate of drug-likeness (QED) is 0.727. The zero-order chi connectivity index (χ0) is 15.7. The number of nitriles is 1. The number of aryl methyl sites for hydroxylation is 1. The molecule has 2 aromatic carbocycles. The second-order valence-corrected chi connectivity index (χ2v) is 4.84. The minimum absolute atomic E-state index is 0.161. The number of methoxy groups -OCH3 is 1. The summed E-state index contributed by atoms with van der Waals surface area (Å²) in [5.41, 5.74) is 1.70. The second kappa shape index (κ2) is 5.34. The van der Waals surface area contributed by atoms with Crippen molar-refractivity contribution >= 4 is 10.9 Å². The fourth-order valence-electron chi connectivity index (χ4n) is 2.39. The van der Waals surface area contributed by atoms with Crippen molar-refractivity contribution in [3.63, 3.8) is 0 Å². The molecule has 0 aliphatic carbocycles. The molecule has 5 heteroatoms. The molecular formula is C17H13N3O2. The average Bonchev–Trinajstić information content (AvgIpc) is 2.55. The van der Waals surface area contributed by atoms with E-state index in [4.69, 9.17) is 10.00 Å². The van der Waals surface area contributed by atoms with Gasteiger partial charge in [-0.05, 0) is 49.4 Å². The van der Waals surface area contributed by atoms with Crippen molar-refractivity contribution in [3.05, 3.63) is 64.2 Å². The van der Waals surface area contributed by atoms with Crippen LogP contribution in [-0.2, 0) is 0 Å². The molecule has 3 aromatic rings. The highest BCUT2D eigenvalue weighted by molar-refractivity contribution is 5.79. The van der Waals surface area contributed by atoms with Gasteiger partial charge in [-0.25, -0.2) is 4.98 Å². The third kappa shape index (κ3) is 2.21. The van der Waals surface area contributed by atoms with Crippen LogP contribution in [-0.4, -0.2) is 16.7 Å². The lowest BCUT2D eigenvalue weighted by Gasteiger charge is -2.11. The van der Waals surface area contributed by atoms with E-state index in [1.165, 1.54) is 4.57 Å². The molecule has 0 unspecified atom stereocenters. The van der Waals surface area contributed by atoms with Crippen molar-refractivity contribution in [1.82, 2.24) is 9.55 Å². The number of rotatable bonds is 2. The van der Waals surface area contributed by atoms with E-state index in [1.807, 2.05) is 0 Å². The molecule has 0 amide bonds. The molecule has 1 aromatic heterocycles. The normalized spacial score (nSPS) is 10.4. The average molecular weight is 291 g/mol. The summed E-state index contributed by atoms with van der Waals surface area (Å²) in [6.07, 6.45) is 0. The summed E-state index contributed by atoms with van der Waals surface area (Å²) in [5.74, 6) is 1.20. The number of aromatic nitrogens is 2. The number of benzene rings is 2. The van der Waals surface area contributed by atoms with E-state index in [2.05, 4.69) is 11.1 Å². The van der Waals surface area contributed by atoms with E-state index < -0.39 is 0 Å². The molecule has 0 radical (unpaired) electrons. The van der Waals surface area contributed by atoms with Crippen LogP contribution in [0.5, 0.6) is 5.75 Å². The standard InChI is InChI=1S/C17H13N3O2/c1-11-19-16-8-7-14(22-2)9-15(16)17(21)20(11)13-5-3-12(10-18)4-6-13/h3-9H,1-2H3. The molecule has 0 saturated carbocycles. The fraction of sp³-hybridized carbons (Fsp3) is 0.118. The summed E-state index contributed by atoms with van der Waals surface area (Å²) in [5, 5.41) is 9.36. The minimum Gasteiger partial charge on any atom is -0.497 e. The molecule has 1 heterocycles. The number of hydrogen-bond donors (Lipinski definition) is 0. The molecule has 0 bridgehead atoms. The van der Waals surface area contributed by atoms with E-state index in [0.29, 0.717) is 33.7 Å². The van der Waals surface area contributed by atoms with Gasteiger partial charge < -0.3 is 4.74 Å². The van der Waals surface area contributed by atoms with Gasteiger partial charge in [-0.15, -0.1) is 0 Å². The Bertz CT molecular complexity index is 951. The van der Waals surface area contributed by atoms with Crippen LogP contribution >= 0.6 is 0 Å². The van der Waals surface area contributed by atoms with Crippen molar-refractivity contribution in [3.8, 4) is 17.5 Å². The van der Waals surface area contributed by atoms with Crippen molar-refractivity contribution < 1.29 is 4.74 Å². The van der Waals surface area contributed by atoms with Crippen LogP contribution in [0.3, 0.4) is 0 Å². The van der Waals surface area contributed by atoms with E-state index >= 15 is 0 Å². The van der Waals surface area contributed by atoms with Gasteiger partial charge in [-0.1, -0.05) is 0 Å². The van der Waals surface area contributed by atoms with Crippen LogP contribution in [0, 0.1) is 18.3 Å². The molecule has 0 aliphatic heterocycles. The molecule has 3 rings (SSSR count). The van der Waals surface area contributed by atoms with Crippen molar-refractivity contribution in [2.24, 2.45) is 0 Å². The molecule has 0 atom stereocenters. The second-order valence-electron chi connectivity index (χ2n) is 4.84. The van der Waals surface area contributed by atoms with Crippen LogP contribution in [0.25, 0.3) is 16.6 Å². The van der Waals surface area contributed by atoms with E-state index in [1.54, 1.807) is 56.5 Å². The van der Waals surface area contributed by atoms with Gasteiger partial charge in [0.15, 0.2) is 0 Å². The Hall–Kier alpha value is -3.13. The van der Waals surface area contributed by atoms with Crippen LogP contribution in [0.2, 0.25) is 0 Å². The number of fused-ring (bicyclic) bond motifs is 1. The number of ether oxygens (including phenoxy) is 1. The largest absolute Gasteiger partial charge is 0.497 e. The monoisotopic (exact) mass is 291 g/mol. The maximum absolute atomic E-state index is 12.8. The third-order valence-electron chi connectivity index (χ3n) is 3.50.